The molecule has 3 rings (SSSR count). The van der Waals surface area contributed by atoms with Crippen LogP contribution >= 0.6 is 0 Å². The SMILES string of the molecule is Cc1ccc(-c2cc(C(=O)N(CC=Cc3ccccc3)CCO)[nH]n2)cc1. The van der Waals surface area contributed by atoms with Gasteiger partial charge in [-0.2, -0.15) is 5.10 Å². The van der Waals surface area contributed by atoms with E-state index in [1.165, 1.54) is 5.56 Å². The van der Waals surface area contributed by atoms with Crippen molar-refractivity contribution in [1.29, 1.82) is 0 Å². The van der Waals surface area contributed by atoms with Crippen LogP contribution in [0.2, 0.25) is 0 Å². The molecular formula is C22H23N3O2. The van der Waals surface area contributed by atoms with E-state index in [-0.39, 0.29) is 19.1 Å². The number of H-pyrrole nitrogens is 1. The van der Waals surface area contributed by atoms with Crippen LogP contribution in [-0.4, -0.2) is 45.8 Å². The van der Waals surface area contributed by atoms with Crippen molar-refractivity contribution in [2.45, 2.75) is 6.92 Å². The van der Waals surface area contributed by atoms with E-state index in [4.69, 9.17) is 0 Å². The van der Waals surface area contributed by atoms with Crippen molar-refractivity contribution < 1.29 is 9.90 Å². The van der Waals surface area contributed by atoms with Crippen LogP contribution in [0.5, 0.6) is 0 Å². The molecule has 3 aromatic rings. The van der Waals surface area contributed by atoms with Crippen molar-refractivity contribution >= 4 is 12.0 Å². The van der Waals surface area contributed by atoms with Crippen molar-refractivity contribution in [3.63, 3.8) is 0 Å². The number of nitrogens with zero attached hydrogens (tertiary/aromatic N) is 2. The Balaban J connectivity index is 1.71. The van der Waals surface area contributed by atoms with E-state index in [1.54, 1.807) is 11.0 Å². The third kappa shape index (κ3) is 4.92. The van der Waals surface area contributed by atoms with Gasteiger partial charge in [-0.05, 0) is 18.6 Å². The minimum atomic E-state index is -0.187. The van der Waals surface area contributed by atoms with Crippen LogP contribution in [0.3, 0.4) is 0 Å². The van der Waals surface area contributed by atoms with E-state index in [0.29, 0.717) is 12.2 Å². The van der Waals surface area contributed by atoms with E-state index >= 15 is 0 Å². The van der Waals surface area contributed by atoms with Gasteiger partial charge in [0.05, 0.1) is 12.3 Å². The highest BCUT2D eigenvalue weighted by molar-refractivity contribution is 5.93. The van der Waals surface area contributed by atoms with Gasteiger partial charge in [-0.15, -0.1) is 0 Å². The predicted molar refractivity (Wildman–Crippen MR) is 107 cm³/mol. The second kappa shape index (κ2) is 8.96. The van der Waals surface area contributed by atoms with Gasteiger partial charge < -0.3 is 10.0 Å². The molecule has 0 saturated heterocycles. The van der Waals surface area contributed by atoms with Gasteiger partial charge in [0.2, 0.25) is 0 Å². The number of aliphatic hydroxyl groups excluding tert-OH is 1. The first-order valence-corrected chi connectivity index (χ1v) is 8.91. The monoisotopic (exact) mass is 361 g/mol. The molecule has 0 aliphatic carbocycles. The average Bonchev–Trinajstić information content (AvgIpc) is 3.18. The largest absolute Gasteiger partial charge is 0.395 e. The molecule has 5 nitrogen and oxygen atoms in total. The minimum absolute atomic E-state index is 0.0934. The second-order valence-electron chi connectivity index (χ2n) is 6.32. The van der Waals surface area contributed by atoms with E-state index in [1.807, 2.05) is 73.7 Å². The van der Waals surface area contributed by atoms with Crippen LogP contribution in [-0.2, 0) is 0 Å². The van der Waals surface area contributed by atoms with Crippen LogP contribution in [0, 0.1) is 6.92 Å². The maximum absolute atomic E-state index is 12.8. The Morgan fingerprint density at radius 2 is 1.89 bits per heavy atom. The molecule has 2 N–H and O–H groups in total. The molecule has 1 aromatic heterocycles. The molecule has 138 valence electrons. The Labute approximate surface area is 159 Å². The zero-order valence-corrected chi connectivity index (χ0v) is 15.3. The number of aryl methyl sites for hydroxylation is 1. The van der Waals surface area contributed by atoms with Crippen molar-refractivity contribution in [2.24, 2.45) is 0 Å². The van der Waals surface area contributed by atoms with E-state index in [9.17, 15) is 9.90 Å². The number of hydrogen-bond acceptors (Lipinski definition) is 3. The second-order valence-corrected chi connectivity index (χ2v) is 6.32. The number of aliphatic hydroxyl groups is 1. The van der Waals surface area contributed by atoms with Crippen LogP contribution in [0.25, 0.3) is 17.3 Å². The smallest absolute Gasteiger partial charge is 0.272 e. The highest BCUT2D eigenvalue weighted by Gasteiger charge is 2.17. The summed E-state index contributed by atoms with van der Waals surface area (Å²) in [6.07, 6.45) is 3.88. The summed E-state index contributed by atoms with van der Waals surface area (Å²) in [7, 11) is 0. The molecule has 27 heavy (non-hydrogen) atoms. The van der Waals surface area contributed by atoms with Gasteiger partial charge in [0, 0.05) is 18.7 Å². The zero-order chi connectivity index (χ0) is 19.1. The molecule has 0 atom stereocenters. The minimum Gasteiger partial charge on any atom is -0.395 e. The summed E-state index contributed by atoms with van der Waals surface area (Å²) >= 11 is 0. The highest BCUT2D eigenvalue weighted by atomic mass is 16.3. The fraction of sp³-hybridized carbons (Fsp3) is 0.182. The lowest BCUT2D eigenvalue weighted by Crippen LogP contribution is -2.34. The lowest BCUT2D eigenvalue weighted by Gasteiger charge is -2.19. The van der Waals surface area contributed by atoms with Crippen LogP contribution in [0.4, 0.5) is 0 Å². The fourth-order valence-corrected chi connectivity index (χ4v) is 2.75. The maximum Gasteiger partial charge on any atom is 0.272 e. The Kier molecular flexibility index (Phi) is 6.18. The summed E-state index contributed by atoms with van der Waals surface area (Å²) in [5, 5.41) is 16.4. The van der Waals surface area contributed by atoms with Crippen LogP contribution < -0.4 is 0 Å². The van der Waals surface area contributed by atoms with Gasteiger partial charge in [0.1, 0.15) is 5.69 Å². The van der Waals surface area contributed by atoms with Crippen molar-refractivity contribution in [2.75, 3.05) is 19.7 Å². The number of carbonyl (C=O) groups excluding carboxylic acids is 1. The fourth-order valence-electron chi connectivity index (χ4n) is 2.75. The number of benzene rings is 2. The van der Waals surface area contributed by atoms with E-state index in [2.05, 4.69) is 10.2 Å². The normalized spacial score (nSPS) is 11.0. The summed E-state index contributed by atoms with van der Waals surface area (Å²) in [6, 6.07) is 19.6. The van der Waals surface area contributed by atoms with Gasteiger partial charge in [0.25, 0.3) is 5.91 Å². The van der Waals surface area contributed by atoms with Crippen LogP contribution in [0.15, 0.2) is 66.7 Å². The molecular weight excluding hydrogens is 338 g/mol. The number of hydrogen-bond donors (Lipinski definition) is 2. The van der Waals surface area contributed by atoms with Crippen LogP contribution in [0.1, 0.15) is 21.6 Å². The first kappa shape index (κ1) is 18.6. The van der Waals surface area contributed by atoms with Gasteiger partial charge in [-0.25, -0.2) is 0 Å². The van der Waals surface area contributed by atoms with Gasteiger partial charge >= 0.3 is 0 Å². The van der Waals surface area contributed by atoms with Gasteiger partial charge in [0.15, 0.2) is 0 Å². The quantitative estimate of drug-likeness (QED) is 0.676. The molecule has 0 saturated carbocycles. The Bertz CT molecular complexity index is 899. The topological polar surface area (TPSA) is 69.2 Å². The molecule has 0 radical (unpaired) electrons. The molecule has 2 aromatic carbocycles. The van der Waals surface area contributed by atoms with Crippen molar-refractivity contribution in [3.8, 4) is 11.3 Å². The summed E-state index contributed by atoms with van der Waals surface area (Å²) in [5.74, 6) is -0.187. The number of nitrogens with one attached hydrogen (secondary N) is 1. The van der Waals surface area contributed by atoms with Gasteiger partial charge in [-0.1, -0.05) is 72.3 Å². The van der Waals surface area contributed by atoms with E-state index < -0.39 is 0 Å². The number of aromatic amines is 1. The summed E-state index contributed by atoms with van der Waals surface area (Å²) < 4.78 is 0. The Morgan fingerprint density at radius 3 is 2.59 bits per heavy atom. The first-order valence-electron chi connectivity index (χ1n) is 8.91. The Morgan fingerprint density at radius 1 is 1.15 bits per heavy atom. The number of aromatic nitrogens is 2. The summed E-state index contributed by atoms with van der Waals surface area (Å²) in [6.45, 7) is 2.60. The van der Waals surface area contributed by atoms with Gasteiger partial charge in [-0.3, -0.25) is 9.89 Å². The highest BCUT2D eigenvalue weighted by Crippen LogP contribution is 2.19. The van der Waals surface area contributed by atoms with Crippen molar-refractivity contribution in [3.05, 3.63) is 83.6 Å². The number of amides is 1. The molecule has 0 spiro atoms. The lowest BCUT2D eigenvalue weighted by molar-refractivity contribution is 0.0737. The first-order chi connectivity index (χ1) is 13.2. The summed E-state index contributed by atoms with van der Waals surface area (Å²) in [4.78, 5) is 14.4. The predicted octanol–water partition coefficient (Wildman–Crippen LogP) is 3.53. The Hall–Kier alpha value is -3.18. The molecule has 0 bridgehead atoms. The number of carbonyl (C=O) groups is 1. The van der Waals surface area contributed by atoms with Crippen molar-refractivity contribution in [1.82, 2.24) is 15.1 Å². The third-order valence-corrected chi connectivity index (χ3v) is 4.25. The standard InChI is InChI=1S/C22H23N3O2/c1-17-9-11-19(12-10-17)20-16-21(24-23-20)22(27)25(14-15-26)13-5-8-18-6-3-2-4-7-18/h2-12,16,26H,13-15H2,1H3,(H,23,24). The summed E-state index contributed by atoms with van der Waals surface area (Å²) in [5.41, 5.74) is 4.32. The molecule has 0 aliphatic rings. The lowest BCUT2D eigenvalue weighted by atomic mass is 10.1. The third-order valence-electron chi connectivity index (χ3n) is 4.25. The maximum atomic E-state index is 12.8. The molecule has 0 aliphatic heterocycles. The molecule has 0 fully saturated rings. The molecule has 0 unspecified atom stereocenters. The molecule has 1 heterocycles. The zero-order valence-electron chi connectivity index (χ0n) is 15.3. The molecule has 5 heteroatoms. The van der Waals surface area contributed by atoms with E-state index in [0.717, 1.165) is 16.8 Å². The molecule has 1 amide bonds. The number of rotatable bonds is 7. The average molecular weight is 361 g/mol.